The van der Waals surface area contributed by atoms with Crippen LogP contribution in [0.4, 0.5) is 0 Å². The lowest BCUT2D eigenvalue weighted by Gasteiger charge is -1.99. The van der Waals surface area contributed by atoms with E-state index in [0.29, 0.717) is 6.54 Å². The molecule has 2 N–H and O–H groups in total. The Hall–Kier alpha value is -1.50. The molecule has 0 spiro atoms. The minimum absolute atomic E-state index is 0.0309. The van der Waals surface area contributed by atoms with Gasteiger partial charge in [-0.15, -0.1) is 22.7 Å². The van der Waals surface area contributed by atoms with Gasteiger partial charge in [-0.25, -0.2) is 4.98 Å². The molecule has 0 radical (unpaired) electrons. The molecule has 2 aromatic heterocycles. The lowest BCUT2D eigenvalue weighted by molar-refractivity contribution is -0.116. The van der Waals surface area contributed by atoms with Gasteiger partial charge in [0.05, 0.1) is 17.3 Å². The lowest BCUT2D eigenvalue weighted by Crippen LogP contribution is -2.23. The average Bonchev–Trinajstić information content (AvgIpc) is 3.04. The van der Waals surface area contributed by atoms with Crippen molar-refractivity contribution in [1.29, 1.82) is 0 Å². The molecule has 2 heterocycles. The van der Waals surface area contributed by atoms with Crippen molar-refractivity contribution < 1.29 is 9.90 Å². The van der Waals surface area contributed by atoms with Crippen molar-refractivity contribution in [3.63, 3.8) is 0 Å². The molecule has 0 aromatic carbocycles. The first kappa shape index (κ1) is 15.9. The van der Waals surface area contributed by atoms with E-state index in [1.165, 1.54) is 22.3 Å². The van der Waals surface area contributed by atoms with E-state index in [9.17, 15) is 4.79 Å². The Morgan fingerprint density at radius 1 is 1.48 bits per heavy atom. The fourth-order valence-electron chi connectivity index (χ4n) is 1.72. The van der Waals surface area contributed by atoms with Gasteiger partial charge in [-0.1, -0.05) is 0 Å². The molecule has 0 saturated carbocycles. The number of thiazole rings is 1. The van der Waals surface area contributed by atoms with Gasteiger partial charge >= 0.3 is 0 Å². The minimum atomic E-state index is -0.112. The average molecular weight is 322 g/mol. The van der Waals surface area contributed by atoms with Crippen LogP contribution in [0.25, 0.3) is 6.08 Å². The number of aliphatic hydroxyl groups is 1. The second kappa shape index (κ2) is 7.49. The van der Waals surface area contributed by atoms with E-state index in [1.807, 2.05) is 18.4 Å². The van der Waals surface area contributed by atoms with Crippen LogP contribution in [-0.2, 0) is 17.8 Å². The van der Waals surface area contributed by atoms with Crippen LogP contribution in [0, 0.1) is 13.8 Å². The molecule has 2 rings (SSSR count). The van der Waals surface area contributed by atoms with Crippen molar-refractivity contribution in [2.45, 2.75) is 26.9 Å². The Labute approximate surface area is 132 Å². The number of carbonyl (C=O) groups is 1. The van der Waals surface area contributed by atoms with E-state index in [1.54, 1.807) is 17.4 Å². The summed E-state index contributed by atoms with van der Waals surface area (Å²) in [6, 6.07) is 1.87. The molecular formula is C15H18N2O2S2. The van der Waals surface area contributed by atoms with Gasteiger partial charge in [-0.3, -0.25) is 4.79 Å². The van der Waals surface area contributed by atoms with Gasteiger partial charge in [0.1, 0.15) is 0 Å². The van der Waals surface area contributed by atoms with Gasteiger partial charge in [0, 0.05) is 28.8 Å². The van der Waals surface area contributed by atoms with Crippen molar-refractivity contribution in [3.8, 4) is 0 Å². The van der Waals surface area contributed by atoms with E-state index in [-0.39, 0.29) is 12.5 Å². The van der Waals surface area contributed by atoms with Crippen molar-refractivity contribution in [2.75, 3.05) is 6.54 Å². The summed E-state index contributed by atoms with van der Waals surface area (Å²) >= 11 is 3.19. The Morgan fingerprint density at radius 2 is 2.29 bits per heavy atom. The maximum absolute atomic E-state index is 11.7. The van der Waals surface area contributed by atoms with E-state index < -0.39 is 0 Å². The molecule has 0 fully saturated rings. The summed E-state index contributed by atoms with van der Waals surface area (Å²) in [5, 5.41) is 14.8. The smallest absolute Gasteiger partial charge is 0.244 e. The number of aromatic nitrogens is 1. The zero-order chi connectivity index (χ0) is 15.2. The Balaban J connectivity index is 1.76. The second-order valence-electron chi connectivity index (χ2n) is 4.64. The standard InChI is InChI=1S/C15H18N2O2S2/c1-10-11(2)21-15(17-10)5-6-16-14(19)4-3-13-7-12(8-18)9-20-13/h3-4,7,9,18H,5-6,8H2,1-2H3,(H,16,19). The fraction of sp³-hybridized carbons (Fsp3) is 0.333. The second-order valence-corrected chi connectivity index (χ2v) is 6.87. The normalized spacial score (nSPS) is 11.2. The molecule has 6 heteroatoms. The van der Waals surface area contributed by atoms with Gasteiger partial charge in [-0.2, -0.15) is 0 Å². The van der Waals surface area contributed by atoms with Gasteiger partial charge in [0.25, 0.3) is 0 Å². The summed E-state index contributed by atoms with van der Waals surface area (Å²) in [5.41, 5.74) is 1.94. The van der Waals surface area contributed by atoms with Crippen LogP contribution in [-0.4, -0.2) is 22.5 Å². The molecule has 21 heavy (non-hydrogen) atoms. The molecule has 0 atom stereocenters. The fourth-order valence-corrected chi connectivity index (χ4v) is 3.45. The van der Waals surface area contributed by atoms with Crippen LogP contribution in [0.2, 0.25) is 0 Å². The molecule has 0 saturated heterocycles. The highest BCUT2D eigenvalue weighted by Crippen LogP contribution is 2.17. The van der Waals surface area contributed by atoms with Crippen LogP contribution in [0.1, 0.15) is 26.0 Å². The molecule has 0 bridgehead atoms. The Morgan fingerprint density at radius 3 is 2.90 bits per heavy atom. The third-order valence-electron chi connectivity index (χ3n) is 2.97. The predicted molar refractivity (Wildman–Crippen MR) is 87.6 cm³/mol. The summed E-state index contributed by atoms with van der Waals surface area (Å²) < 4.78 is 0. The summed E-state index contributed by atoms with van der Waals surface area (Å²) in [5.74, 6) is -0.112. The van der Waals surface area contributed by atoms with Crippen LogP contribution in [0.3, 0.4) is 0 Å². The van der Waals surface area contributed by atoms with Crippen molar-refractivity contribution in [2.24, 2.45) is 0 Å². The molecule has 0 aliphatic heterocycles. The van der Waals surface area contributed by atoms with Crippen LogP contribution < -0.4 is 5.32 Å². The van der Waals surface area contributed by atoms with Gasteiger partial charge in [0.2, 0.25) is 5.91 Å². The van der Waals surface area contributed by atoms with Gasteiger partial charge in [-0.05, 0) is 36.9 Å². The molecule has 0 aliphatic carbocycles. The number of nitrogens with one attached hydrogen (secondary N) is 1. The first-order chi connectivity index (χ1) is 10.1. The quantitative estimate of drug-likeness (QED) is 0.804. The zero-order valence-electron chi connectivity index (χ0n) is 12.0. The molecule has 112 valence electrons. The van der Waals surface area contributed by atoms with E-state index in [4.69, 9.17) is 5.11 Å². The number of carbonyl (C=O) groups excluding carboxylic acids is 1. The van der Waals surface area contributed by atoms with E-state index in [0.717, 1.165) is 27.6 Å². The number of thiophene rings is 1. The maximum atomic E-state index is 11.7. The first-order valence-corrected chi connectivity index (χ1v) is 8.35. The van der Waals surface area contributed by atoms with Crippen LogP contribution in [0.15, 0.2) is 17.5 Å². The van der Waals surface area contributed by atoms with E-state index >= 15 is 0 Å². The zero-order valence-corrected chi connectivity index (χ0v) is 13.7. The molecule has 0 unspecified atom stereocenters. The molecule has 1 amide bonds. The van der Waals surface area contributed by atoms with E-state index in [2.05, 4.69) is 17.2 Å². The summed E-state index contributed by atoms with van der Waals surface area (Å²) in [7, 11) is 0. The molecule has 4 nitrogen and oxygen atoms in total. The number of aryl methyl sites for hydroxylation is 2. The number of amides is 1. The third-order valence-corrected chi connectivity index (χ3v) is 5.05. The summed E-state index contributed by atoms with van der Waals surface area (Å²) in [6.45, 7) is 4.67. The van der Waals surface area contributed by atoms with Crippen molar-refractivity contribution in [3.05, 3.63) is 43.5 Å². The summed E-state index contributed by atoms with van der Waals surface area (Å²) in [6.07, 6.45) is 4.04. The molecule has 2 aromatic rings. The number of rotatable bonds is 6. The third kappa shape index (κ3) is 4.77. The van der Waals surface area contributed by atoms with Crippen LogP contribution in [0.5, 0.6) is 0 Å². The lowest BCUT2D eigenvalue weighted by atomic mass is 10.3. The minimum Gasteiger partial charge on any atom is -0.392 e. The monoisotopic (exact) mass is 322 g/mol. The highest BCUT2D eigenvalue weighted by atomic mass is 32.1. The highest BCUT2D eigenvalue weighted by Gasteiger charge is 2.04. The topological polar surface area (TPSA) is 62.2 Å². The van der Waals surface area contributed by atoms with Crippen molar-refractivity contribution in [1.82, 2.24) is 10.3 Å². The van der Waals surface area contributed by atoms with Gasteiger partial charge < -0.3 is 10.4 Å². The van der Waals surface area contributed by atoms with Crippen molar-refractivity contribution >= 4 is 34.7 Å². The number of hydrogen-bond donors (Lipinski definition) is 2. The maximum Gasteiger partial charge on any atom is 0.244 e. The Kier molecular flexibility index (Phi) is 5.67. The highest BCUT2D eigenvalue weighted by molar-refractivity contribution is 7.11. The Bertz CT molecular complexity index is 624. The summed E-state index contributed by atoms with van der Waals surface area (Å²) in [4.78, 5) is 18.3. The van der Waals surface area contributed by atoms with Gasteiger partial charge in [0.15, 0.2) is 0 Å². The predicted octanol–water partition coefficient (Wildman–Crippen LogP) is 2.69. The number of nitrogens with zero attached hydrogens (tertiary/aromatic N) is 1. The number of hydrogen-bond acceptors (Lipinski definition) is 5. The first-order valence-electron chi connectivity index (χ1n) is 6.65. The largest absolute Gasteiger partial charge is 0.392 e. The van der Waals surface area contributed by atoms with Crippen LogP contribution >= 0.6 is 22.7 Å². The number of aliphatic hydroxyl groups excluding tert-OH is 1. The SMILES string of the molecule is Cc1nc(CCNC(=O)C=Cc2cc(CO)cs2)sc1C. The molecular weight excluding hydrogens is 304 g/mol. The molecule has 0 aliphatic rings.